The van der Waals surface area contributed by atoms with Crippen LogP contribution < -0.4 is 0 Å². The molecule has 3 atom stereocenters. The van der Waals surface area contributed by atoms with Crippen LogP contribution in [-0.4, -0.2) is 77.6 Å². The molecule has 0 radical (unpaired) electrons. The lowest BCUT2D eigenvalue weighted by atomic mass is 9.76. The van der Waals surface area contributed by atoms with Gasteiger partial charge in [0.05, 0.1) is 48.0 Å². The van der Waals surface area contributed by atoms with Crippen LogP contribution in [0, 0.1) is 18.3 Å². The van der Waals surface area contributed by atoms with Gasteiger partial charge >= 0.3 is 0 Å². The predicted molar refractivity (Wildman–Crippen MR) is 161 cm³/mol. The lowest BCUT2D eigenvalue weighted by molar-refractivity contribution is -0.146. The molecule has 1 aliphatic heterocycles. The van der Waals surface area contributed by atoms with E-state index in [0.29, 0.717) is 26.2 Å². The molecule has 0 bridgehead atoms. The molecule has 2 heterocycles. The Morgan fingerprint density at radius 3 is 2.37 bits per heavy atom. The Hall–Kier alpha value is -2.46. The van der Waals surface area contributed by atoms with Gasteiger partial charge in [0, 0.05) is 44.8 Å². The molecular formula is C32H46N2O6S. The second-order valence-corrected chi connectivity index (χ2v) is 12.8. The molecule has 0 aliphatic carbocycles. The van der Waals surface area contributed by atoms with E-state index in [1.807, 2.05) is 64.4 Å². The second kappa shape index (κ2) is 15.7. The summed E-state index contributed by atoms with van der Waals surface area (Å²) in [6.45, 7) is 11.8. The molecule has 8 nitrogen and oxygen atoms in total. The highest BCUT2D eigenvalue weighted by atomic mass is 32.1. The van der Waals surface area contributed by atoms with Gasteiger partial charge in [-0.05, 0) is 36.3 Å². The second-order valence-electron chi connectivity index (χ2n) is 12.0. The van der Waals surface area contributed by atoms with Crippen LogP contribution in [0.2, 0.25) is 0 Å². The van der Waals surface area contributed by atoms with E-state index >= 15 is 0 Å². The number of β-amino-alcohol motifs (C(OH)–C–C–N with tert-alkyl or cyclic N) is 1. The number of amides is 1. The largest absolute Gasteiger partial charge is 0.391 e. The van der Waals surface area contributed by atoms with E-state index in [2.05, 4.69) is 4.98 Å². The van der Waals surface area contributed by atoms with Gasteiger partial charge in [-0.25, -0.2) is 4.98 Å². The summed E-state index contributed by atoms with van der Waals surface area (Å²) < 4.78 is 10.9. The van der Waals surface area contributed by atoms with E-state index in [1.165, 1.54) is 4.90 Å². The first-order valence-electron chi connectivity index (χ1n) is 14.7. The van der Waals surface area contributed by atoms with Gasteiger partial charge < -0.3 is 19.5 Å². The normalized spacial score (nSPS) is 18.0. The summed E-state index contributed by atoms with van der Waals surface area (Å²) in [4.78, 5) is 46.9. The number of nitrogens with zero attached hydrogens (tertiary/aromatic N) is 2. The first kappa shape index (κ1) is 33.0. The fourth-order valence-corrected chi connectivity index (χ4v) is 5.96. The summed E-state index contributed by atoms with van der Waals surface area (Å²) >= 11 is 1.60. The number of benzene rings is 1. The number of carbonyl (C=O) groups excluding carboxylic acids is 3. The highest BCUT2D eigenvalue weighted by molar-refractivity contribution is 7.13. The van der Waals surface area contributed by atoms with Gasteiger partial charge in [0.1, 0.15) is 5.78 Å². The maximum atomic E-state index is 13.8. The third-order valence-corrected chi connectivity index (χ3v) is 8.55. The number of Topliss-reactive ketones (excluding diaryl/α,β-unsaturated/α-hetero) is 2. The minimum Gasteiger partial charge on any atom is -0.391 e. The Morgan fingerprint density at radius 2 is 1.76 bits per heavy atom. The smallest absolute Gasteiger partial charge is 0.227 e. The number of aliphatic hydroxyl groups excluding tert-OH is 1. The highest BCUT2D eigenvalue weighted by Gasteiger charge is 2.44. The number of aryl methyl sites for hydroxylation is 2. The van der Waals surface area contributed by atoms with Crippen molar-refractivity contribution in [1.29, 1.82) is 0 Å². The van der Waals surface area contributed by atoms with Crippen molar-refractivity contribution in [3.63, 3.8) is 0 Å². The van der Waals surface area contributed by atoms with Gasteiger partial charge in [0.2, 0.25) is 5.91 Å². The molecule has 1 aromatic carbocycles. The zero-order chi connectivity index (χ0) is 30.0. The van der Waals surface area contributed by atoms with Crippen molar-refractivity contribution in [2.45, 2.75) is 85.3 Å². The molecule has 1 aromatic heterocycles. The number of ether oxygens (including phenoxy) is 2. The number of aliphatic hydroxyl groups is 1. The summed E-state index contributed by atoms with van der Waals surface area (Å²) in [5, 5.41) is 10.4. The molecule has 1 saturated heterocycles. The lowest BCUT2D eigenvalue weighted by Gasteiger charge is -2.34. The van der Waals surface area contributed by atoms with E-state index in [0.717, 1.165) is 28.1 Å². The molecule has 1 fully saturated rings. The molecule has 41 heavy (non-hydrogen) atoms. The summed E-state index contributed by atoms with van der Waals surface area (Å²) in [6, 6.07) is 7.47. The molecule has 0 saturated carbocycles. The molecule has 3 rings (SSSR count). The van der Waals surface area contributed by atoms with Crippen molar-refractivity contribution >= 4 is 28.8 Å². The summed E-state index contributed by atoms with van der Waals surface area (Å²) in [6.07, 6.45) is 1.56. The molecule has 0 spiro atoms. The van der Waals surface area contributed by atoms with Crippen molar-refractivity contribution in [1.82, 2.24) is 9.88 Å². The summed E-state index contributed by atoms with van der Waals surface area (Å²) in [5.74, 6) is -0.938. The molecule has 1 amide bonds. The van der Waals surface area contributed by atoms with Crippen molar-refractivity contribution in [2.24, 2.45) is 11.3 Å². The Kier molecular flexibility index (Phi) is 12.6. The van der Waals surface area contributed by atoms with Gasteiger partial charge in [-0.3, -0.25) is 14.4 Å². The van der Waals surface area contributed by atoms with Gasteiger partial charge in [0.15, 0.2) is 5.78 Å². The van der Waals surface area contributed by atoms with Crippen LogP contribution >= 0.6 is 11.3 Å². The van der Waals surface area contributed by atoms with Crippen LogP contribution in [0.1, 0.15) is 71.1 Å². The van der Waals surface area contributed by atoms with E-state index < -0.39 is 23.5 Å². The lowest BCUT2D eigenvalue weighted by Crippen LogP contribution is -2.47. The standard InChI is InChI=1S/C32H46N2O6S/c1-6-14-39-16-17-40-15-13-25(35)18-27(32(3,4)5)31(38)34-20-26(36)19-28(34)29(37)12-9-23-7-10-24(11-8-23)30-22(2)33-21-41-30/h7-8,10-11,21,26-28,36H,6,9,12-20H2,1-5H3/t26-,27-,28+/m1/s1. The van der Waals surface area contributed by atoms with Gasteiger partial charge in [0.25, 0.3) is 0 Å². The fourth-order valence-electron chi connectivity index (χ4n) is 5.14. The predicted octanol–water partition coefficient (Wildman–Crippen LogP) is 5.04. The maximum Gasteiger partial charge on any atom is 0.227 e. The Bertz CT molecular complexity index is 1140. The zero-order valence-corrected chi connectivity index (χ0v) is 26.0. The molecule has 1 aliphatic rings. The quantitative estimate of drug-likeness (QED) is 0.275. The minimum absolute atomic E-state index is 0.0488. The van der Waals surface area contributed by atoms with E-state index in [1.54, 1.807) is 11.3 Å². The van der Waals surface area contributed by atoms with Crippen LogP contribution in [0.4, 0.5) is 0 Å². The Morgan fingerprint density at radius 1 is 1.07 bits per heavy atom. The van der Waals surface area contributed by atoms with Crippen LogP contribution in [-0.2, 0) is 30.3 Å². The average Bonchev–Trinajstić information content (AvgIpc) is 3.54. The van der Waals surface area contributed by atoms with E-state index in [9.17, 15) is 19.5 Å². The number of aromatic nitrogens is 1. The number of ketones is 2. The summed E-state index contributed by atoms with van der Waals surface area (Å²) in [7, 11) is 0. The fraction of sp³-hybridized carbons (Fsp3) is 0.625. The van der Waals surface area contributed by atoms with Crippen molar-refractivity contribution in [2.75, 3.05) is 33.0 Å². The van der Waals surface area contributed by atoms with E-state index in [-0.39, 0.29) is 56.3 Å². The maximum absolute atomic E-state index is 13.8. The SMILES string of the molecule is CCCOCCOCCC(=O)C[C@H](C(=O)N1C[C@H](O)C[C@H]1C(=O)CCc1ccc(-c2scnc2C)cc1)C(C)(C)C. The number of hydrogen-bond donors (Lipinski definition) is 1. The molecule has 1 N–H and O–H groups in total. The van der Waals surface area contributed by atoms with Crippen molar-refractivity contribution in [3.05, 3.63) is 41.0 Å². The van der Waals surface area contributed by atoms with Crippen molar-refractivity contribution < 1.29 is 29.0 Å². The first-order valence-corrected chi connectivity index (χ1v) is 15.6. The monoisotopic (exact) mass is 586 g/mol. The molecule has 0 unspecified atom stereocenters. The Labute approximate surface area is 248 Å². The third-order valence-electron chi connectivity index (χ3n) is 7.58. The topological polar surface area (TPSA) is 106 Å². The van der Waals surface area contributed by atoms with Crippen LogP contribution in [0.25, 0.3) is 10.4 Å². The number of likely N-dealkylation sites (tertiary alicyclic amines) is 1. The molecular weight excluding hydrogens is 540 g/mol. The minimum atomic E-state index is -0.755. The molecule has 2 aromatic rings. The van der Waals surface area contributed by atoms with Crippen LogP contribution in [0.3, 0.4) is 0 Å². The molecule has 226 valence electrons. The number of thiazole rings is 1. The van der Waals surface area contributed by atoms with E-state index in [4.69, 9.17) is 9.47 Å². The van der Waals surface area contributed by atoms with Crippen LogP contribution in [0.5, 0.6) is 0 Å². The van der Waals surface area contributed by atoms with Crippen LogP contribution in [0.15, 0.2) is 29.8 Å². The van der Waals surface area contributed by atoms with Crippen molar-refractivity contribution in [3.8, 4) is 10.4 Å². The number of hydrogen-bond acceptors (Lipinski definition) is 8. The number of rotatable bonds is 16. The molecule has 9 heteroatoms. The first-order chi connectivity index (χ1) is 19.5. The Balaban J connectivity index is 1.57. The zero-order valence-electron chi connectivity index (χ0n) is 25.2. The van der Waals surface area contributed by atoms with Gasteiger partial charge in [-0.2, -0.15) is 0 Å². The average molecular weight is 587 g/mol. The third kappa shape index (κ3) is 9.81. The van der Waals surface area contributed by atoms with Gasteiger partial charge in [-0.15, -0.1) is 11.3 Å². The summed E-state index contributed by atoms with van der Waals surface area (Å²) in [5.41, 5.74) is 4.49. The highest BCUT2D eigenvalue weighted by Crippen LogP contribution is 2.34. The number of carbonyl (C=O) groups is 3. The van der Waals surface area contributed by atoms with Gasteiger partial charge in [-0.1, -0.05) is 52.0 Å².